The molecule has 0 bridgehead atoms. The lowest BCUT2D eigenvalue weighted by Crippen LogP contribution is -2.49. The van der Waals surface area contributed by atoms with Crippen molar-refractivity contribution < 1.29 is 14.7 Å². The second-order valence-electron chi connectivity index (χ2n) is 4.61. The van der Waals surface area contributed by atoms with Crippen molar-refractivity contribution in [1.82, 2.24) is 20.4 Å². The van der Waals surface area contributed by atoms with Crippen LogP contribution in [0.2, 0.25) is 0 Å². The second-order valence-corrected chi connectivity index (χ2v) is 4.61. The number of carboxylic acid groups (broad SMARTS) is 1. The van der Waals surface area contributed by atoms with Gasteiger partial charge in [0.2, 0.25) is 0 Å². The Kier molecular flexibility index (Phi) is 5.35. The van der Waals surface area contributed by atoms with Gasteiger partial charge in [-0.25, -0.2) is 9.59 Å². The quantitative estimate of drug-likeness (QED) is 0.718. The molecule has 1 heterocycles. The molecule has 106 valence electrons. The van der Waals surface area contributed by atoms with Gasteiger partial charge in [-0.1, -0.05) is 20.3 Å². The van der Waals surface area contributed by atoms with Crippen LogP contribution in [0.25, 0.3) is 0 Å². The fourth-order valence-electron chi connectivity index (χ4n) is 1.64. The minimum absolute atomic E-state index is 0.122. The number of carbonyl (C=O) groups is 2. The minimum atomic E-state index is -1.01. The molecule has 0 spiro atoms. The van der Waals surface area contributed by atoms with Gasteiger partial charge >= 0.3 is 12.0 Å². The standard InChI is InChI=1S/C12H20N4O3/c1-4-8(2)10(11(17)18)15-12(19)16(3)7-9-5-13-14-6-9/h5-6,8,10H,4,7H2,1-3H3,(H,13,14)(H,15,19)(H,17,18). The van der Waals surface area contributed by atoms with Gasteiger partial charge in [0, 0.05) is 18.8 Å². The highest BCUT2D eigenvalue weighted by molar-refractivity contribution is 5.82. The highest BCUT2D eigenvalue weighted by Gasteiger charge is 2.26. The topological polar surface area (TPSA) is 98.3 Å². The van der Waals surface area contributed by atoms with E-state index in [2.05, 4.69) is 15.5 Å². The lowest BCUT2D eigenvalue weighted by molar-refractivity contribution is -0.140. The van der Waals surface area contributed by atoms with Gasteiger partial charge in [-0.05, 0) is 5.92 Å². The van der Waals surface area contributed by atoms with Crippen molar-refractivity contribution in [3.05, 3.63) is 18.0 Å². The molecule has 0 radical (unpaired) electrons. The molecule has 0 aliphatic carbocycles. The molecule has 0 saturated heterocycles. The summed E-state index contributed by atoms with van der Waals surface area (Å²) in [6.45, 7) is 4.06. The Balaban J connectivity index is 2.58. The van der Waals surface area contributed by atoms with Crippen LogP contribution in [0.1, 0.15) is 25.8 Å². The molecule has 0 fully saturated rings. The Hall–Kier alpha value is -2.05. The van der Waals surface area contributed by atoms with Crippen molar-refractivity contribution in [2.75, 3.05) is 7.05 Å². The smallest absolute Gasteiger partial charge is 0.326 e. The molecule has 2 amide bonds. The molecule has 1 aromatic heterocycles. The first-order valence-corrected chi connectivity index (χ1v) is 6.17. The van der Waals surface area contributed by atoms with Crippen molar-refractivity contribution in [3.63, 3.8) is 0 Å². The van der Waals surface area contributed by atoms with Gasteiger partial charge in [0.15, 0.2) is 0 Å². The van der Waals surface area contributed by atoms with Crippen molar-refractivity contribution in [1.29, 1.82) is 0 Å². The lowest BCUT2D eigenvalue weighted by atomic mass is 9.99. The normalized spacial score (nSPS) is 13.6. The Morgan fingerprint density at radius 2 is 2.26 bits per heavy atom. The summed E-state index contributed by atoms with van der Waals surface area (Å²) in [5.41, 5.74) is 0.855. The molecule has 0 saturated carbocycles. The van der Waals surface area contributed by atoms with E-state index in [9.17, 15) is 9.59 Å². The number of H-pyrrole nitrogens is 1. The summed E-state index contributed by atoms with van der Waals surface area (Å²) in [5.74, 6) is -1.14. The van der Waals surface area contributed by atoms with Crippen LogP contribution in [0, 0.1) is 5.92 Å². The Morgan fingerprint density at radius 3 is 2.74 bits per heavy atom. The lowest BCUT2D eigenvalue weighted by Gasteiger charge is -2.24. The number of nitrogens with one attached hydrogen (secondary N) is 2. The molecule has 0 aliphatic rings. The Morgan fingerprint density at radius 1 is 1.58 bits per heavy atom. The van der Waals surface area contributed by atoms with E-state index in [1.807, 2.05) is 6.92 Å². The van der Waals surface area contributed by atoms with Crippen LogP contribution < -0.4 is 5.32 Å². The number of aromatic amines is 1. The maximum Gasteiger partial charge on any atom is 0.326 e. The van der Waals surface area contributed by atoms with Crippen molar-refractivity contribution in [2.24, 2.45) is 5.92 Å². The average molecular weight is 268 g/mol. The van der Waals surface area contributed by atoms with E-state index in [0.717, 1.165) is 5.56 Å². The van der Waals surface area contributed by atoms with Crippen molar-refractivity contribution >= 4 is 12.0 Å². The maximum absolute atomic E-state index is 11.9. The predicted octanol–water partition coefficient (Wildman–Crippen LogP) is 1.05. The average Bonchev–Trinajstić information content (AvgIpc) is 2.86. The first kappa shape index (κ1) is 15.0. The summed E-state index contributed by atoms with van der Waals surface area (Å²) in [6, 6.07) is -1.28. The molecule has 19 heavy (non-hydrogen) atoms. The first-order chi connectivity index (χ1) is 8.95. The molecule has 0 aliphatic heterocycles. The second kappa shape index (κ2) is 6.77. The summed E-state index contributed by atoms with van der Waals surface area (Å²) < 4.78 is 0. The molecule has 7 nitrogen and oxygen atoms in total. The summed E-state index contributed by atoms with van der Waals surface area (Å²) in [6.07, 6.45) is 3.99. The molecule has 1 rings (SSSR count). The third-order valence-corrected chi connectivity index (χ3v) is 3.08. The number of amides is 2. The summed E-state index contributed by atoms with van der Waals surface area (Å²) >= 11 is 0. The number of urea groups is 1. The summed E-state index contributed by atoms with van der Waals surface area (Å²) in [4.78, 5) is 24.5. The molecule has 1 aromatic rings. The fraction of sp³-hybridized carbons (Fsp3) is 0.583. The van der Waals surface area contributed by atoms with E-state index in [4.69, 9.17) is 5.11 Å². The fourth-order valence-corrected chi connectivity index (χ4v) is 1.64. The number of rotatable bonds is 6. The number of hydrogen-bond acceptors (Lipinski definition) is 3. The number of aromatic nitrogens is 2. The number of hydrogen-bond donors (Lipinski definition) is 3. The number of aliphatic carboxylic acids is 1. The van der Waals surface area contributed by atoms with E-state index in [1.54, 1.807) is 26.4 Å². The molecular formula is C12H20N4O3. The van der Waals surface area contributed by atoms with Crippen LogP contribution >= 0.6 is 0 Å². The summed E-state index contributed by atoms with van der Waals surface area (Å²) in [7, 11) is 1.61. The number of carboxylic acids is 1. The number of carbonyl (C=O) groups excluding carboxylic acids is 1. The third-order valence-electron chi connectivity index (χ3n) is 3.08. The Labute approximate surface area is 112 Å². The summed E-state index contributed by atoms with van der Waals surface area (Å²) in [5, 5.41) is 18.1. The van der Waals surface area contributed by atoms with Crippen LogP contribution in [-0.2, 0) is 11.3 Å². The molecule has 2 atom stereocenters. The zero-order valence-electron chi connectivity index (χ0n) is 11.4. The minimum Gasteiger partial charge on any atom is -0.480 e. The van der Waals surface area contributed by atoms with Gasteiger partial charge in [0.1, 0.15) is 6.04 Å². The van der Waals surface area contributed by atoms with E-state index >= 15 is 0 Å². The predicted molar refractivity (Wildman–Crippen MR) is 69.5 cm³/mol. The van der Waals surface area contributed by atoms with Crippen molar-refractivity contribution in [2.45, 2.75) is 32.9 Å². The SMILES string of the molecule is CCC(C)C(NC(=O)N(C)Cc1cn[nH]c1)C(=O)O. The van der Waals surface area contributed by atoms with Crippen LogP contribution in [0.15, 0.2) is 12.4 Å². The number of nitrogens with zero attached hydrogens (tertiary/aromatic N) is 2. The molecule has 7 heteroatoms. The van der Waals surface area contributed by atoms with E-state index in [1.165, 1.54) is 4.90 Å². The maximum atomic E-state index is 11.9. The van der Waals surface area contributed by atoms with Crippen LogP contribution in [0.3, 0.4) is 0 Å². The monoisotopic (exact) mass is 268 g/mol. The molecule has 3 N–H and O–H groups in total. The van der Waals surface area contributed by atoms with E-state index in [0.29, 0.717) is 13.0 Å². The van der Waals surface area contributed by atoms with Gasteiger partial charge in [0.05, 0.1) is 12.7 Å². The van der Waals surface area contributed by atoms with Gasteiger partial charge in [-0.3, -0.25) is 5.10 Å². The van der Waals surface area contributed by atoms with Crippen molar-refractivity contribution in [3.8, 4) is 0 Å². The molecule has 2 unspecified atom stereocenters. The largest absolute Gasteiger partial charge is 0.480 e. The molecule has 0 aromatic carbocycles. The van der Waals surface area contributed by atoms with Crippen LogP contribution in [-0.4, -0.2) is 45.3 Å². The molecular weight excluding hydrogens is 248 g/mol. The van der Waals surface area contributed by atoms with E-state index in [-0.39, 0.29) is 5.92 Å². The highest BCUT2D eigenvalue weighted by atomic mass is 16.4. The highest BCUT2D eigenvalue weighted by Crippen LogP contribution is 2.09. The van der Waals surface area contributed by atoms with Gasteiger partial charge in [0.25, 0.3) is 0 Å². The zero-order chi connectivity index (χ0) is 14.4. The first-order valence-electron chi connectivity index (χ1n) is 6.17. The third kappa shape index (κ3) is 4.27. The van der Waals surface area contributed by atoms with Crippen LogP contribution in [0.4, 0.5) is 4.79 Å². The Bertz CT molecular complexity index is 419. The van der Waals surface area contributed by atoms with Crippen LogP contribution in [0.5, 0.6) is 0 Å². The zero-order valence-corrected chi connectivity index (χ0v) is 11.4. The van der Waals surface area contributed by atoms with Gasteiger partial charge in [-0.15, -0.1) is 0 Å². The van der Waals surface area contributed by atoms with Gasteiger partial charge in [-0.2, -0.15) is 5.10 Å². The van der Waals surface area contributed by atoms with E-state index < -0.39 is 18.0 Å². The van der Waals surface area contributed by atoms with Gasteiger partial charge < -0.3 is 15.3 Å².